The Balaban J connectivity index is 2.26. The average molecular weight is 259 g/mol. The summed E-state index contributed by atoms with van der Waals surface area (Å²) >= 11 is 0. The maximum atomic E-state index is 6.79. The van der Waals surface area contributed by atoms with Gasteiger partial charge < -0.3 is 5.73 Å². The van der Waals surface area contributed by atoms with E-state index in [1.165, 1.54) is 23.1 Å². The van der Waals surface area contributed by atoms with Crippen LogP contribution in [0.15, 0.2) is 18.2 Å². The minimum atomic E-state index is -0.0297. The Hall–Kier alpha value is -0.820. The van der Waals surface area contributed by atoms with Crippen molar-refractivity contribution in [3.8, 4) is 0 Å². The van der Waals surface area contributed by atoms with Crippen LogP contribution in [0.25, 0.3) is 0 Å². The highest BCUT2D eigenvalue weighted by Crippen LogP contribution is 2.44. The number of hydrogen-bond acceptors (Lipinski definition) is 1. The molecule has 2 rings (SSSR count). The highest BCUT2D eigenvalue weighted by molar-refractivity contribution is 5.35. The first-order valence-electron chi connectivity index (χ1n) is 7.55. The molecule has 0 bridgehead atoms. The van der Waals surface area contributed by atoms with Crippen LogP contribution >= 0.6 is 0 Å². The van der Waals surface area contributed by atoms with Crippen LogP contribution < -0.4 is 5.73 Å². The van der Waals surface area contributed by atoms with Gasteiger partial charge in [-0.3, -0.25) is 0 Å². The van der Waals surface area contributed by atoms with Crippen LogP contribution in [0.1, 0.15) is 56.7 Å². The molecule has 2 unspecified atom stereocenters. The van der Waals surface area contributed by atoms with Crippen LogP contribution in [0.2, 0.25) is 0 Å². The third-order valence-electron chi connectivity index (χ3n) is 4.66. The second kappa shape index (κ2) is 4.94. The lowest BCUT2D eigenvalue weighted by atomic mass is 9.63. The van der Waals surface area contributed by atoms with E-state index in [2.05, 4.69) is 52.8 Å². The topological polar surface area (TPSA) is 26.0 Å². The molecule has 106 valence electrons. The molecule has 1 aromatic rings. The summed E-state index contributed by atoms with van der Waals surface area (Å²) in [6.07, 6.45) is 4.63. The SMILES string of the molecule is Cc1cccc(C)c1CC1(N)CC(C)CC(C)(C)C1. The predicted octanol–water partition coefficient (Wildman–Crippen LogP) is 4.39. The van der Waals surface area contributed by atoms with Crippen molar-refractivity contribution in [2.75, 3.05) is 0 Å². The fourth-order valence-electron chi connectivity index (χ4n) is 4.42. The molecule has 1 nitrogen and oxygen atoms in total. The van der Waals surface area contributed by atoms with Crippen LogP contribution in [0.4, 0.5) is 0 Å². The lowest BCUT2D eigenvalue weighted by molar-refractivity contribution is 0.108. The predicted molar refractivity (Wildman–Crippen MR) is 83.3 cm³/mol. The van der Waals surface area contributed by atoms with Gasteiger partial charge in [0.25, 0.3) is 0 Å². The summed E-state index contributed by atoms with van der Waals surface area (Å²) in [5, 5.41) is 0. The van der Waals surface area contributed by atoms with E-state index in [-0.39, 0.29) is 5.54 Å². The molecule has 1 saturated carbocycles. The van der Waals surface area contributed by atoms with E-state index in [4.69, 9.17) is 5.73 Å². The van der Waals surface area contributed by atoms with Gasteiger partial charge >= 0.3 is 0 Å². The van der Waals surface area contributed by atoms with Crippen LogP contribution in [-0.2, 0) is 6.42 Å². The zero-order chi connectivity index (χ0) is 14.3. The van der Waals surface area contributed by atoms with E-state index in [0.717, 1.165) is 25.2 Å². The molecule has 0 aliphatic heterocycles. The fraction of sp³-hybridized carbons (Fsp3) is 0.667. The molecule has 2 atom stereocenters. The third kappa shape index (κ3) is 3.39. The molecule has 0 saturated heterocycles. The smallest absolute Gasteiger partial charge is 0.0202 e. The molecule has 0 heterocycles. The molecule has 2 N–H and O–H groups in total. The van der Waals surface area contributed by atoms with Crippen molar-refractivity contribution in [1.82, 2.24) is 0 Å². The van der Waals surface area contributed by atoms with Gasteiger partial charge in [0.2, 0.25) is 0 Å². The van der Waals surface area contributed by atoms with Gasteiger partial charge in [-0.05, 0) is 67.6 Å². The molecule has 19 heavy (non-hydrogen) atoms. The van der Waals surface area contributed by atoms with Crippen molar-refractivity contribution in [2.45, 2.75) is 65.8 Å². The zero-order valence-electron chi connectivity index (χ0n) is 13.2. The quantitative estimate of drug-likeness (QED) is 0.837. The van der Waals surface area contributed by atoms with E-state index in [0.29, 0.717) is 5.41 Å². The lowest BCUT2D eigenvalue weighted by Crippen LogP contribution is -2.51. The summed E-state index contributed by atoms with van der Waals surface area (Å²) in [6.45, 7) is 11.5. The van der Waals surface area contributed by atoms with E-state index in [9.17, 15) is 0 Å². The van der Waals surface area contributed by atoms with Gasteiger partial charge in [0.05, 0.1) is 0 Å². The van der Waals surface area contributed by atoms with Crippen molar-refractivity contribution < 1.29 is 0 Å². The van der Waals surface area contributed by atoms with Gasteiger partial charge in [-0.1, -0.05) is 39.0 Å². The van der Waals surface area contributed by atoms with Crippen LogP contribution in [0, 0.1) is 25.2 Å². The van der Waals surface area contributed by atoms with Crippen molar-refractivity contribution in [1.29, 1.82) is 0 Å². The van der Waals surface area contributed by atoms with Crippen molar-refractivity contribution in [3.05, 3.63) is 34.9 Å². The van der Waals surface area contributed by atoms with E-state index >= 15 is 0 Å². The van der Waals surface area contributed by atoms with E-state index < -0.39 is 0 Å². The molecule has 1 aliphatic rings. The highest BCUT2D eigenvalue weighted by atomic mass is 14.8. The Morgan fingerprint density at radius 3 is 2.26 bits per heavy atom. The van der Waals surface area contributed by atoms with Gasteiger partial charge in [-0.25, -0.2) is 0 Å². The molecule has 0 amide bonds. The standard InChI is InChI=1S/C18H29N/c1-13-9-17(4,5)12-18(19,10-13)11-16-14(2)7-6-8-15(16)3/h6-8,13H,9-12,19H2,1-5H3. The van der Waals surface area contributed by atoms with Gasteiger partial charge in [0.1, 0.15) is 0 Å². The maximum Gasteiger partial charge on any atom is 0.0202 e. The van der Waals surface area contributed by atoms with Gasteiger partial charge in [0, 0.05) is 5.54 Å². The molecular weight excluding hydrogens is 230 g/mol. The molecule has 1 heteroatoms. The minimum absolute atomic E-state index is 0.0297. The van der Waals surface area contributed by atoms with Crippen molar-refractivity contribution in [3.63, 3.8) is 0 Å². The number of aryl methyl sites for hydroxylation is 2. The molecule has 0 aromatic heterocycles. The Morgan fingerprint density at radius 2 is 1.74 bits per heavy atom. The first-order valence-corrected chi connectivity index (χ1v) is 7.55. The molecule has 1 fully saturated rings. The van der Waals surface area contributed by atoms with E-state index in [1.54, 1.807) is 0 Å². The Labute approximate surface area is 118 Å². The number of benzene rings is 1. The average Bonchev–Trinajstić information content (AvgIpc) is 2.20. The first-order chi connectivity index (χ1) is 8.71. The van der Waals surface area contributed by atoms with Crippen molar-refractivity contribution >= 4 is 0 Å². The molecule has 0 spiro atoms. The lowest BCUT2D eigenvalue weighted by Gasteiger charge is -2.46. The third-order valence-corrected chi connectivity index (χ3v) is 4.66. The van der Waals surface area contributed by atoms with Gasteiger partial charge in [0.15, 0.2) is 0 Å². The van der Waals surface area contributed by atoms with Crippen LogP contribution in [-0.4, -0.2) is 5.54 Å². The summed E-state index contributed by atoms with van der Waals surface area (Å²) in [5.74, 6) is 0.734. The summed E-state index contributed by atoms with van der Waals surface area (Å²) < 4.78 is 0. The largest absolute Gasteiger partial charge is 0.325 e. The van der Waals surface area contributed by atoms with Crippen molar-refractivity contribution in [2.24, 2.45) is 17.1 Å². The van der Waals surface area contributed by atoms with Crippen LogP contribution in [0.3, 0.4) is 0 Å². The molecule has 1 aliphatic carbocycles. The second-order valence-corrected chi connectivity index (χ2v) is 7.76. The number of rotatable bonds is 2. The molecule has 0 radical (unpaired) electrons. The Bertz CT molecular complexity index is 441. The van der Waals surface area contributed by atoms with Gasteiger partial charge in [-0.15, -0.1) is 0 Å². The summed E-state index contributed by atoms with van der Waals surface area (Å²) in [7, 11) is 0. The molecule has 1 aromatic carbocycles. The normalized spacial score (nSPS) is 30.3. The fourth-order valence-corrected chi connectivity index (χ4v) is 4.42. The minimum Gasteiger partial charge on any atom is -0.325 e. The first kappa shape index (κ1) is 14.6. The summed E-state index contributed by atoms with van der Waals surface area (Å²) in [6, 6.07) is 6.57. The van der Waals surface area contributed by atoms with Gasteiger partial charge in [-0.2, -0.15) is 0 Å². The Kier molecular flexibility index (Phi) is 3.79. The summed E-state index contributed by atoms with van der Waals surface area (Å²) in [5.41, 5.74) is 11.4. The van der Waals surface area contributed by atoms with E-state index in [1.807, 2.05) is 0 Å². The molecular formula is C18H29N. The summed E-state index contributed by atoms with van der Waals surface area (Å²) in [4.78, 5) is 0. The zero-order valence-corrected chi connectivity index (χ0v) is 13.2. The monoisotopic (exact) mass is 259 g/mol. The number of nitrogens with two attached hydrogens (primary N) is 1. The highest BCUT2D eigenvalue weighted by Gasteiger charge is 2.40. The Morgan fingerprint density at radius 1 is 1.16 bits per heavy atom. The maximum absolute atomic E-state index is 6.79. The van der Waals surface area contributed by atoms with Crippen LogP contribution in [0.5, 0.6) is 0 Å². The number of hydrogen-bond donors (Lipinski definition) is 1. The second-order valence-electron chi connectivity index (χ2n) is 7.76.